The van der Waals surface area contributed by atoms with Crippen molar-refractivity contribution in [3.8, 4) is 0 Å². The van der Waals surface area contributed by atoms with E-state index in [-0.39, 0.29) is 18.3 Å². The number of tetrazole rings is 1. The summed E-state index contributed by atoms with van der Waals surface area (Å²) in [4.78, 5) is 11.7. The van der Waals surface area contributed by atoms with Gasteiger partial charge in [-0.25, -0.2) is 22.2 Å². The maximum Gasteiger partial charge on any atom is 0.378 e. The van der Waals surface area contributed by atoms with Gasteiger partial charge in [0.05, 0.1) is 12.9 Å². The lowest BCUT2D eigenvalue weighted by Crippen LogP contribution is -2.40. The molecule has 118 valence electrons. The number of nitrogens with zero attached hydrogens (tertiary/aromatic N) is 5. The van der Waals surface area contributed by atoms with Gasteiger partial charge in [0, 0.05) is 19.6 Å². The van der Waals surface area contributed by atoms with Crippen molar-refractivity contribution in [1.82, 2.24) is 24.5 Å². The van der Waals surface area contributed by atoms with Gasteiger partial charge >= 0.3 is 5.97 Å². The molecule has 10 heteroatoms. The molecule has 1 aromatic rings. The van der Waals surface area contributed by atoms with Gasteiger partial charge in [0.2, 0.25) is 10.0 Å². The molecule has 1 atom stereocenters. The van der Waals surface area contributed by atoms with Crippen molar-refractivity contribution < 1.29 is 17.9 Å². The lowest BCUT2D eigenvalue weighted by atomic mass is 10.00. The third-order valence-electron chi connectivity index (χ3n) is 3.37. The smallest absolute Gasteiger partial charge is 0.378 e. The lowest BCUT2D eigenvalue weighted by molar-refractivity contribution is 0.0501. The number of sulfonamides is 1. The highest BCUT2D eigenvalue weighted by molar-refractivity contribution is 7.88. The van der Waals surface area contributed by atoms with Crippen molar-refractivity contribution in [2.75, 3.05) is 26.0 Å². The molecule has 0 bridgehead atoms. The Hall–Kier alpha value is -1.55. The lowest BCUT2D eigenvalue weighted by Gasteiger charge is -2.30. The summed E-state index contributed by atoms with van der Waals surface area (Å²) >= 11 is 0. The van der Waals surface area contributed by atoms with Crippen molar-refractivity contribution in [3.63, 3.8) is 0 Å². The summed E-state index contributed by atoms with van der Waals surface area (Å²) in [6.45, 7) is 3.30. The van der Waals surface area contributed by atoms with Crippen molar-refractivity contribution >= 4 is 16.0 Å². The summed E-state index contributed by atoms with van der Waals surface area (Å²) in [7, 11) is -3.19. The van der Waals surface area contributed by atoms with Crippen LogP contribution in [-0.4, -0.2) is 64.9 Å². The third-order valence-corrected chi connectivity index (χ3v) is 4.64. The number of piperidine rings is 1. The van der Waals surface area contributed by atoms with E-state index in [0.717, 1.165) is 12.8 Å². The summed E-state index contributed by atoms with van der Waals surface area (Å²) < 4.78 is 30.9. The fourth-order valence-electron chi connectivity index (χ4n) is 2.39. The number of carbonyl (C=O) groups is 1. The molecule has 2 rings (SSSR count). The highest BCUT2D eigenvalue weighted by Crippen LogP contribution is 2.20. The molecular weight excluding hydrogens is 298 g/mol. The summed E-state index contributed by atoms with van der Waals surface area (Å²) in [5, 5.41) is 10.9. The van der Waals surface area contributed by atoms with Gasteiger partial charge in [-0.05, 0) is 36.1 Å². The molecule has 1 aliphatic heterocycles. The Bertz CT molecular complexity index is 600. The third kappa shape index (κ3) is 3.97. The molecule has 0 radical (unpaired) electrons. The second kappa shape index (κ2) is 6.48. The average Bonchev–Trinajstić information content (AvgIpc) is 2.86. The maximum absolute atomic E-state index is 11.7. The Balaban J connectivity index is 2.05. The molecule has 0 aliphatic carbocycles. The molecule has 0 saturated carbocycles. The first-order valence-electron chi connectivity index (χ1n) is 6.80. The highest BCUT2D eigenvalue weighted by atomic mass is 32.2. The minimum Gasteiger partial charge on any atom is -0.460 e. The zero-order chi connectivity index (χ0) is 15.5. The van der Waals surface area contributed by atoms with Crippen molar-refractivity contribution in [2.45, 2.75) is 26.3 Å². The Labute approximate surface area is 123 Å². The van der Waals surface area contributed by atoms with Crippen molar-refractivity contribution in [2.24, 2.45) is 5.92 Å². The standard InChI is InChI=1S/C11H19N5O4S/c1-3-20-11(17)10-12-13-14-16(10)8-9-5-4-6-15(7-9)21(2,18)19/h9H,3-8H2,1-2H3. The van der Waals surface area contributed by atoms with E-state index in [1.54, 1.807) is 6.92 Å². The van der Waals surface area contributed by atoms with Crippen LogP contribution in [0.3, 0.4) is 0 Å². The summed E-state index contributed by atoms with van der Waals surface area (Å²) in [6.07, 6.45) is 2.86. The topological polar surface area (TPSA) is 107 Å². The fraction of sp³-hybridized carbons (Fsp3) is 0.818. The van der Waals surface area contributed by atoms with Gasteiger partial charge < -0.3 is 4.74 Å². The molecule has 0 amide bonds. The van der Waals surface area contributed by atoms with Crippen LogP contribution in [0.15, 0.2) is 0 Å². The molecule has 0 N–H and O–H groups in total. The van der Waals surface area contributed by atoms with Crippen LogP contribution in [0.2, 0.25) is 0 Å². The first kappa shape index (κ1) is 15.8. The van der Waals surface area contributed by atoms with E-state index >= 15 is 0 Å². The SMILES string of the molecule is CCOC(=O)c1nnnn1CC1CCCN(S(C)(=O)=O)C1. The van der Waals surface area contributed by atoms with Gasteiger partial charge in [0.1, 0.15) is 0 Å². The van der Waals surface area contributed by atoms with Crippen LogP contribution in [0, 0.1) is 5.92 Å². The first-order chi connectivity index (χ1) is 9.91. The van der Waals surface area contributed by atoms with Crippen molar-refractivity contribution in [1.29, 1.82) is 0 Å². The van der Waals surface area contributed by atoms with E-state index in [0.29, 0.717) is 19.6 Å². The minimum atomic E-state index is -3.19. The van der Waals surface area contributed by atoms with Crippen LogP contribution in [0.4, 0.5) is 0 Å². The second-order valence-electron chi connectivity index (χ2n) is 5.03. The van der Waals surface area contributed by atoms with Crippen molar-refractivity contribution in [3.05, 3.63) is 5.82 Å². The number of hydrogen-bond acceptors (Lipinski definition) is 7. The highest BCUT2D eigenvalue weighted by Gasteiger charge is 2.28. The van der Waals surface area contributed by atoms with Gasteiger partial charge in [-0.3, -0.25) is 0 Å². The van der Waals surface area contributed by atoms with Gasteiger partial charge in [-0.2, -0.15) is 0 Å². The maximum atomic E-state index is 11.7. The van der Waals surface area contributed by atoms with E-state index in [4.69, 9.17) is 4.74 Å². The van der Waals surface area contributed by atoms with Crippen LogP contribution >= 0.6 is 0 Å². The molecule has 1 aliphatic rings. The Morgan fingerprint density at radius 2 is 2.24 bits per heavy atom. The molecule has 9 nitrogen and oxygen atoms in total. The number of rotatable bonds is 5. The van der Waals surface area contributed by atoms with Crippen LogP contribution in [0.5, 0.6) is 0 Å². The molecule has 1 aromatic heterocycles. The van der Waals surface area contributed by atoms with E-state index in [9.17, 15) is 13.2 Å². The zero-order valence-electron chi connectivity index (χ0n) is 12.1. The molecule has 1 fully saturated rings. The molecule has 1 saturated heterocycles. The van der Waals surface area contributed by atoms with Crippen LogP contribution in [-0.2, 0) is 21.3 Å². The largest absolute Gasteiger partial charge is 0.460 e. The Kier molecular flexibility index (Phi) is 4.88. The predicted molar refractivity (Wildman–Crippen MR) is 72.9 cm³/mol. The summed E-state index contributed by atoms with van der Waals surface area (Å²) in [5.74, 6) is -0.447. The number of carbonyl (C=O) groups excluding carboxylic acids is 1. The Morgan fingerprint density at radius 3 is 2.90 bits per heavy atom. The molecule has 21 heavy (non-hydrogen) atoms. The predicted octanol–water partition coefficient (Wildman–Crippen LogP) is -0.479. The van der Waals surface area contributed by atoms with Crippen LogP contribution in [0.1, 0.15) is 30.4 Å². The summed E-state index contributed by atoms with van der Waals surface area (Å²) in [6, 6.07) is 0. The first-order valence-corrected chi connectivity index (χ1v) is 8.65. The molecular formula is C11H19N5O4S. The van der Waals surface area contributed by atoms with E-state index in [1.165, 1.54) is 15.2 Å². The van der Waals surface area contributed by atoms with Gasteiger partial charge in [-0.1, -0.05) is 0 Å². The number of ether oxygens (including phenoxy) is 1. The normalized spacial score (nSPS) is 20.4. The van der Waals surface area contributed by atoms with Crippen LogP contribution < -0.4 is 0 Å². The molecule has 0 aromatic carbocycles. The van der Waals surface area contributed by atoms with E-state index in [1.807, 2.05) is 0 Å². The fourth-order valence-corrected chi connectivity index (χ4v) is 3.33. The van der Waals surface area contributed by atoms with Gasteiger partial charge in [0.15, 0.2) is 0 Å². The molecule has 0 spiro atoms. The number of hydrogen-bond donors (Lipinski definition) is 0. The van der Waals surface area contributed by atoms with Gasteiger partial charge in [-0.15, -0.1) is 5.10 Å². The number of esters is 1. The average molecular weight is 317 g/mol. The molecule has 2 heterocycles. The molecule has 1 unspecified atom stereocenters. The number of aromatic nitrogens is 4. The zero-order valence-corrected chi connectivity index (χ0v) is 12.9. The quantitative estimate of drug-likeness (QED) is 0.675. The van der Waals surface area contributed by atoms with Crippen LogP contribution in [0.25, 0.3) is 0 Å². The van der Waals surface area contributed by atoms with Gasteiger partial charge in [0.25, 0.3) is 5.82 Å². The minimum absolute atomic E-state index is 0.0494. The van der Waals surface area contributed by atoms with E-state index < -0.39 is 16.0 Å². The van der Waals surface area contributed by atoms with E-state index in [2.05, 4.69) is 15.5 Å². The second-order valence-corrected chi connectivity index (χ2v) is 7.02. The monoisotopic (exact) mass is 317 g/mol. The Morgan fingerprint density at radius 1 is 1.48 bits per heavy atom. The summed E-state index contributed by atoms with van der Waals surface area (Å²) in [5.41, 5.74) is 0.